The molecular weight excluding hydrogens is 899 g/mol. The molecule has 0 aliphatic rings. The van der Waals surface area contributed by atoms with Crippen LogP contribution in [0, 0.1) is 0 Å². The first-order valence-electron chi connectivity index (χ1n) is 31.0. The van der Waals surface area contributed by atoms with Gasteiger partial charge in [-0.05, 0) is 64.2 Å². The molecule has 0 saturated heterocycles. The van der Waals surface area contributed by atoms with E-state index in [4.69, 9.17) is 18.9 Å². The summed E-state index contributed by atoms with van der Waals surface area (Å²) in [5, 5.41) is 11.8. The Balaban J connectivity index is 4.03. The molecule has 0 fully saturated rings. The van der Waals surface area contributed by atoms with E-state index < -0.39 is 24.3 Å². The molecule has 0 radical (unpaired) electrons. The number of nitrogens with zero attached hydrogens (tertiary/aromatic N) is 1. The molecule has 0 amide bonds. The van der Waals surface area contributed by atoms with Gasteiger partial charge in [-0.15, -0.1) is 0 Å². The van der Waals surface area contributed by atoms with Crippen molar-refractivity contribution in [3.8, 4) is 0 Å². The first kappa shape index (κ1) is 69.8. The van der Waals surface area contributed by atoms with Crippen molar-refractivity contribution in [3.63, 3.8) is 0 Å². The third-order valence-corrected chi connectivity index (χ3v) is 13.9. The highest BCUT2D eigenvalue weighted by molar-refractivity contribution is 5.70. The summed E-state index contributed by atoms with van der Waals surface area (Å²) in [6.07, 6.45) is 62.6. The van der Waals surface area contributed by atoms with Gasteiger partial charge in [0.05, 0.1) is 40.3 Å². The van der Waals surface area contributed by atoms with Gasteiger partial charge >= 0.3 is 11.9 Å². The Labute approximate surface area is 446 Å². The van der Waals surface area contributed by atoms with Crippen molar-refractivity contribution in [1.82, 2.24) is 0 Å². The minimum atomic E-state index is -1.62. The normalized spacial score (nSPS) is 12.8. The van der Waals surface area contributed by atoms with Gasteiger partial charge in [0.25, 0.3) is 0 Å². The molecule has 0 N–H and O–H groups in total. The Morgan fingerprint density at radius 2 is 0.708 bits per heavy atom. The third-order valence-electron chi connectivity index (χ3n) is 13.9. The van der Waals surface area contributed by atoms with Gasteiger partial charge in [-0.2, -0.15) is 0 Å². The van der Waals surface area contributed by atoms with Gasteiger partial charge in [0, 0.05) is 12.8 Å². The quantitative estimate of drug-likeness (QED) is 0.0195. The minimum Gasteiger partial charge on any atom is -0.545 e. The number of carboxylic acids is 1. The molecule has 0 aromatic carbocycles. The molecule has 0 aliphatic carbocycles. The predicted octanol–water partition coefficient (Wildman–Crippen LogP) is 17.0. The smallest absolute Gasteiger partial charge is 0.306 e. The van der Waals surface area contributed by atoms with Crippen molar-refractivity contribution >= 4 is 17.9 Å². The number of hydrogen-bond donors (Lipinski definition) is 0. The summed E-state index contributed by atoms with van der Waals surface area (Å²) < 4.78 is 22.7. The molecule has 424 valence electrons. The highest BCUT2D eigenvalue weighted by atomic mass is 16.7. The zero-order chi connectivity index (χ0) is 52.7. The maximum Gasteiger partial charge on any atom is 0.306 e. The monoisotopic (exact) mass is 1020 g/mol. The molecule has 2 atom stereocenters. The van der Waals surface area contributed by atoms with Crippen LogP contribution in [0.25, 0.3) is 0 Å². The highest BCUT2D eigenvalue weighted by Crippen LogP contribution is 2.17. The summed E-state index contributed by atoms with van der Waals surface area (Å²) in [6, 6.07) is 0. The second-order valence-electron chi connectivity index (χ2n) is 22.3. The number of unbranched alkanes of at least 4 members (excludes halogenated alkanes) is 39. The van der Waals surface area contributed by atoms with Crippen LogP contribution in [0.2, 0.25) is 0 Å². The fourth-order valence-electron chi connectivity index (χ4n) is 9.12. The largest absolute Gasteiger partial charge is 0.545 e. The summed E-state index contributed by atoms with van der Waals surface area (Å²) in [5.74, 6) is -2.27. The fourth-order valence-corrected chi connectivity index (χ4v) is 9.12. The van der Waals surface area contributed by atoms with E-state index in [0.717, 1.165) is 57.8 Å². The topological polar surface area (TPSA) is 111 Å². The molecule has 0 aliphatic heterocycles. The molecule has 0 bridgehead atoms. The van der Waals surface area contributed by atoms with Crippen molar-refractivity contribution in [2.45, 2.75) is 315 Å². The molecule has 9 heteroatoms. The zero-order valence-electron chi connectivity index (χ0n) is 48.3. The van der Waals surface area contributed by atoms with E-state index in [0.29, 0.717) is 11.0 Å². The Bertz CT molecular complexity index is 1230. The number of carbonyl (C=O) groups excluding carboxylic acids is 3. The average Bonchev–Trinajstić information content (AvgIpc) is 3.35. The van der Waals surface area contributed by atoms with Crippen LogP contribution >= 0.6 is 0 Å². The number of hydrogen-bond acceptors (Lipinski definition) is 8. The summed E-state index contributed by atoms with van der Waals surface area (Å²) in [5.41, 5.74) is 0. The van der Waals surface area contributed by atoms with Crippen molar-refractivity contribution in [2.75, 3.05) is 47.5 Å². The number of carboxylic acid groups (broad SMARTS) is 1. The van der Waals surface area contributed by atoms with Crippen LogP contribution in [-0.4, -0.2) is 82.3 Å². The molecule has 9 nitrogen and oxygen atoms in total. The first-order chi connectivity index (χ1) is 35.1. The van der Waals surface area contributed by atoms with Crippen LogP contribution in [0.3, 0.4) is 0 Å². The van der Waals surface area contributed by atoms with Crippen LogP contribution in [0.15, 0.2) is 24.3 Å². The first-order valence-corrected chi connectivity index (χ1v) is 31.0. The van der Waals surface area contributed by atoms with Crippen LogP contribution < -0.4 is 5.11 Å². The lowest BCUT2D eigenvalue weighted by molar-refractivity contribution is -0.870. The number of esters is 2. The van der Waals surface area contributed by atoms with Crippen LogP contribution in [0.5, 0.6) is 0 Å². The van der Waals surface area contributed by atoms with E-state index in [-0.39, 0.29) is 38.6 Å². The van der Waals surface area contributed by atoms with Crippen LogP contribution in [0.1, 0.15) is 303 Å². The standard InChI is InChI=1S/C63H119NO8/c1-6-8-10-12-14-16-18-20-22-23-24-25-26-27-28-29-30-31-32-33-34-35-36-37-38-39-40-42-44-46-48-50-52-54-61(66)72-59(58-71-63(62(67)68)69-56-55-64(3,4)5)57-70-60(65)53-51-49-47-45-43-41-21-19-17-15-13-11-9-7-2/h19,21,23-24,59,63H,6-18,20,22,25-58H2,1-5H3/b21-19-,24-23-. The average molecular weight is 1020 g/mol. The second-order valence-corrected chi connectivity index (χ2v) is 22.3. The lowest BCUT2D eigenvalue weighted by atomic mass is 10.0. The minimum absolute atomic E-state index is 0.149. The molecule has 0 aromatic heterocycles. The number of ether oxygens (including phenoxy) is 4. The number of allylic oxidation sites excluding steroid dienone is 4. The number of quaternary nitrogens is 1. The summed E-state index contributed by atoms with van der Waals surface area (Å²) in [4.78, 5) is 37.2. The van der Waals surface area contributed by atoms with E-state index in [1.807, 2.05) is 21.1 Å². The Hall–Kier alpha value is -2.23. The number of aliphatic carboxylic acids is 1. The van der Waals surface area contributed by atoms with Gasteiger partial charge in [0.2, 0.25) is 0 Å². The SMILES string of the molecule is CCCCCCC/C=C\CCCCCCCC(=O)OCC(COC(OCC[N+](C)(C)C)C(=O)[O-])OC(=O)CCCCCCCCCCCCCCCCCCCCCCC/C=C\CCCCCCCCCC. The van der Waals surface area contributed by atoms with E-state index in [1.54, 1.807) is 0 Å². The van der Waals surface area contributed by atoms with E-state index in [9.17, 15) is 19.5 Å². The Morgan fingerprint density at radius 1 is 0.403 bits per heavy atom. The Morgan fingerprint density at radius 3 is 1.03 bits per heavy atom. The lowest BCUT2D eigenvalue weighted by Crippen LogP contribution is -2.44. The molecule has 0 aromatic rings. The van der Waals surface area contributed by atoms with Gasteiger partial charge in [-0.3, -0.25) is 9.59 Å². The maximum atomic E-state index is 12.9. The van der Waals surface area contributed by atoms with Crippen molar-refractivity contribution < 1.29 is 42.9 Å². The van der Waals surface area contributed by atoms with Gasteiger partial charge in [0.15, 0.2) is 12.4 Å². The van der Waals surface area contributed by atoms with E-state index in [1.165, 1.54) is 218 Å². The summed E-state index contributed by atoms with van der Waals surface area (Å²) in [7, 11) is 5.93. The van der Waals surface area contributed by atoms with Crippen molar-refractivity contribution in [2.24, 2.45) is 0 Å². The Kier molecular flexibility index (Phi) is 53.3. The molecule has 0 saturated carbocycles. The number of carbonyl (C=O) groups is 3. The molecule has 2 unspecified atom stereocenters. The molecular formula is C63H119NO8. The molecule has 0 spiro atoms. The summed E-state index contributed by atoms with van der Waals surface area (Å²) >= 11 is 0. The van der Waals surface area contributed by atoms with E-state index in [2.05, 4.69) is 38.2 Å². The van der Waals surface area contributed by atoms with Crippen LogP contribution in [0.4, 0.5) is 0 Å². The zero-order valence-corrected chi connectivity index (χ0v) is 48.3. The third kappa shape index (κ3) is 55.5. The van der Waals surface area contributed by atoms with Gasteiger partial charge in [-0.25, -0.2) is 0 Å². The second kappa shape index (κ2) is 55.0. The van der Waals surface area contributed by atoms with Crippen molar-refractivity contribution in [1.29, 1.82) is 0 Å². The fraction of sp³-hybridized carbons (Fsp3) is 0.889. The van der Waals surface area contributed by atoms with Gasteiger partial charge in [-0.1, -0.05) is 250 Å². The van der Waals surface area contributed by atoms with Gasteiger partial charge in [0.1, 0.15) is 13.2 Å². The molecule has 72 heavy (non-hydrogen) atoms. The van der Waals surface area contributed by atoms with E-state index >= 15 is 0 Å². The highest BCUT2D eigenvalue weighted by Gasteiger charge is 2.22. The van der Waals surface area contributed by atoms with Crippen molar-refractivity contribution in [3.05, 3.63) is 24.3 Å². The van der Waals surface area contributed by atoms with Gasteiger partial charge < -0.3 is 33.3 Å². The lowest BCUT2D eigenvalue weighted by Gasteiger charge is -2.26. The summed E-state index contributed by atoms with van der Waals surface area (Å²) in [6.45, 7) is 4.77. The maximum absolute atomic E-state index is 12.9. The van der Waals surface area contributed by atoms with Crippen LogP contribution in [-0.2, 0) is 33.3 Å². The predicted molar refractivity (Wildman–Crippen MR) is 302 cm³/mol. The molecule has 0 heterocycles. The molecule has 0 rings (SSSR count). The number of likely N-dealkylation sites (N-methyl/N-ethyl adjacent to an activating group) is 1. The number of rotatable bonds is 58.